The van der Waals surface area contributed by atoms with Crippen LogP contribution in [-0.2, 0) is 9.59 Å². The van der Waals surface area contributed by atoms with E-state index in [2.05, 4.69) is 16.9 Å². The maximum atomic E-state index is 12.9. The van der Waals surface area contributed by atoms with Crippen LogP contribution in [0, 0.1) is 0 Å². The highest BCUT2D eigenvalue weighted by Gasteiger charge is 2.38. The van der Waals surface area contributed by atoms with E-state index in [9.17, 15) is 9.59 Å². The average molecular weight is 460 g/mol. The Kier molecular flexibility index (Phi) is 7.59. The molecule has 0 radical (unpaired) electrons. The van der Waals surface area contributed by atoms with Crippen molar-refractivity contribution in [2.45, 2.75) is 11.7 Å². The Morgan fingerprint density at radius 3 is 2.65 bits per heavy atom. The Labute approximate surface area is 190 Å². The van der Waals surface area contributed by atoms with Crippen LogP contribution in [0.4, 0.5) is 11.4 Å². The molecule has 1 aliphatic rings. The minimum absolute atomic E-state index is 0.0167. The van der Waals surface area contributed by atoms with Crippen molar-refractivity contribution in [1.29, 1.82) is 0 Å². The molecule has 1 aliphatic heterocycles. The maximum Gasteiger partial charge on any atom is 0.242 e. The zero-order valence-corrected chi connectivity index (χ0v) is 18.7. The van der Waals surface area contributed by atoms with E-state index >= 15 is 0 Å². The monoisotopic (exact) mass is 459 g/mol. The van der Waals surface area contributed by atoms with Crippen molar-refractivity contribution in [3.05, 3.63) is 60.1 Å². The van der Waals surface area contributed by atoms with E-state index in [0.717, 1.165) is 0 Å². The van der Waals surface area contributed by atoms with E-state index in [1.807, 2.05) is 0 Å². The molecule has 2 aromatic carbocycles. The van der Waals surface area contributed by atoms with Crippen LogP contribution in [0.5, 0.6) is 11.5 Å². The maximum absolute atomic E-state index is 12.9. The Balaban J connectivity index is 1.75. The molecule has 9 heteroatoms. The number of carbonyl (C=O) groups excluding carboxylic acids is 2. The molecule has 1 saturated heterocycles. The van der Waals surface area contributed by atoms with Crippen LogP contribution >= 0.6 is 23.4 Å². The molecule has 3 rings (SSSR count). The van der Waals surface area contributed by atoms with Crippen molar-refractivity contribution in [3.8, 4) is 11.5 Å². The number of nitrogens with zero attached hydrogens (tertiary/aromatic N) is 2. The number of ether oxygens (including phenoxy) is 2. The Bertz CT molecular complexity index is 1010. The summed E-state index contributed by atoms with van der Waals surface area (Å²) >= 11 is 7.18. The first kappa shape index (κ1) is 22.7. The molecule has 0 aliphatic carbocycles. The van der Waals surface area contributed by atoms with E-state index in [1.54, 1.807) is 48.5 Å². The van der Waals surface area contributed by atoms with Gasteiger partial charge in [0.2, 0.25) is 11.8 Å². The molecule has 0 unspecified atom stereocenters. The van der Waals surface area contributed by atoms with Crippen molar-refractivity contribution < 1.29 is 19.1 Å². The minimum Gasteiger partial charge on any atom is -0.497 e. The number of hydrogen-bond acceptors (Lipinski definition) is 6. The molecule has 2 amide bonds. The van der Waals surface area contributed by atoms with Gasteiger partial charge in [-0.25, -0.2) is 4.99 Å². The van der Waals surface area contributed by atoms with E-state index in [-0.39, 0.29) is 18.2 Å². The lowest BCUT2D eigenvalue weighted by Gasteiger charge is -2.14. The summed E-state index contributed by atoms with van der Waals surface area (Å²) in [6, 6.07) is 12.1. The van der Waals surface area contributed by atoms with Crippen LogP contribution in [0.2, 0.25) is 5.02 Å². The lowest BCUT2D eigenvalue weighted by molar-refractivity contribution is -0.127. The number of nitrogens with one attached hydrogen (secondary N) is 1. The SMILES string of the molecule is C=CCN1C(=O)[C@@H](CC(=O)Nc2cc(OC)ccc2OC)SC1=Nc1ccc(Cl)cc1. The summed E-state index contributed by atoms with van der Waals surface area (Å²) in [5.74, 6) is 0.573. The molecule has 1 N–H and O–H groups in total. The number of benzene rings is 2. The fourth-order valence-electron chi connectivity index (χ4n) is 2.93. The summed E-state index contributed by atoms with van der Waals surface area (Å²) < 4.78 is 10.5. The summed E-state index contributed by atoms with van der Waals surface area (Å²) in [6.07, 6.45) is 1.61. The molecule has 0 aromatic heterocycles. The van der Waals surface area contributed by atoms with E-state index in [4.69, 9.17) is 21.1 Å². The van der Waals surface area contributed by atoms with Gasteiger partial charge in [-0.15, -0.1) is 6.58 Å². The predicted molar refractivity (Wildman–Crippen MR) is 125 cm³/mol. The first-order valence-corrected chi connectivity index (χ1v) is 10.7. The molecular weight excluding hydrogens is 438 g/mol. The minimum atomic E-state index is -0.595. The van der Waals surface area contributed by atoms with Gasteiger partial charge in [0.1, 0.15) is 16.7 Å². The van der Waals surface area contributed by atoms with Crippen LogP contribution in [0.25, 0.3) is 0 Å². The third-order valence-corrected chi connectivity index (χ3v) is 5.86. The number of amides is 2. The number of methoxy groups -OCH3 is 2. The van der Waals surface area contributed by atoms with Gasteiger partial charge in [0.15, 0.2) is 5.17 Å². The first-order valence-electron chi connectivity index (χ1n) is 9.40. The Morgan fingerprint density at radius 2 is 2.00 bits per heavy atom. The van der Waals surface area contributed by atoms with Gasteiger partial charge < -0.3 is 14.8 Å². The number of carbonyl (C=O) groups is 2. The van der Waals surface area contributed by atoms with Gasteiger partial charge in [-0.3, -0.25) is 14.5 Å². The topological polar surface area (TPSA) is 80.2 Å². The number of anilines is 1. The zero-order valence-electron chi connectivity index (χ0n) is 17.1. The molecule has 1 atom stereocenters. The summed E-state index contributed by atoms with van der Waals surface area (Å²) in [6.45, 7) is 4.01. The molecule has 162 valence electrons. The van der Waals surface area contributed by atoms with Gasteiger partial charge in [0, 0.05) is 24.1 Å². The Morgan fingerprint density at radius 1 is 1.26 bits per heavy atom. The van der Waals surface area contributed by atoms with Crippen LogP contribution < -0.4 is 14.8 Å². The summed E-state index contributed by atoms with van der Waals surface area (Å²) in [4.78, 5) is 31.7. The zero-order chi connectivity index (χ0) is 22.4. The smallest absolute Gasteiger partial charge is 0.242 e. The molecule has 1 heterocycles. The second-order valence-corrected chi connectivity index (χ2v) is 8.14. The van der Waals surface area contributed by atoms with Crippen molar-refractivity contribution in [3.63, 3.8) is 0 Å². The normalized spacial score (nSPS) is 17.0. The lowest BCUT2D eigenvalue weighted by atomic mass is 10.2. The highest BCUT2D eigenvalue weighted by molar-refractivity contribution is 8.15. The predicted octanol–water partition coefficient (Wildman–Crippen LogP) is 4.50. The number of hydrogen-bond donors (Lipinski definition) is 1. The second kappa shape index (κ2) is 10.4. The highest BCUT2D eigenvalue weighted by atomic mass is 35.5. The molecule has 0 spiro atoms. The van der Waals surface area contributed by atoms with Gasteiger partial charge >= 0.3 is 0 Å². The second-order valence-electron chi connectivity index (χ2n) is 6.53. The summed E-state index contributed by atoms with van der Waals surface area (Å²) in [7, 11) is 3.05. The van der Waals surface area contributed by atoms with Gasteiger partial charge in [0.05, 0.1) is 25.6 Å². The number of thioether (sulfide) groups is 1. The average Bonchev–Trinajstić information content (AvgIpc) is 3.04. The summed E-state index contributed by atoms with van der Waals surface area (Å²) in [5, 5.41) is 3.32. The molecule has 7 nitrogen and oxygen atoms in total. The summed E-state index contributed by atoms with van der Waals surface area (Å²) in [5.41, 5.74) is 1.14. The van der Waals surface area contributed by atoms with Gasteiger partial charge in [0.25, 0.3) is 0 Å². The fraction of sp³-hybridized carbons (Fsp3) is 0.227. The number of aliphatic imine (C=N–C) groups is 1. The van der Waals surface area contributed by atoms with Crippen LogP contribution in [0.1, 0.15) is 6.42 Å². The van der Waals surface area contributed by atoms with Crippen molar-refractivity contribution >= 4 is 51.7 Å². The van der Waals surface area contributed by atoms with Gasteiger partial charge in [-0.1, -0.05) is 29.4 Å². The molecular formula is C22H22ClN3O4S. The van der Waals surface area contributed by atoms with E-state index in [0.29, 0.717) is 39.6 Å². The Hall–Kier alpha value is -2.97. The fourth-order valence-corrected chi connectivity index (χ4v) is 4.22. The van der Waals surface area contributed by atoms with Crippen molar-refractivity contribution in [2.24, 2.45) is 4.99 Å². The van der Waals surface area contributed by atoms with Crippen LogP contribution in [-0.4, -0.2) is 47.9 Å². The molecule has 31 heavy (non-hydrogen) atoms. The number of rotatable bonds is 8. The van der Waals surface area contributed by atoms with Crippen molar-refractivity contribution in [1.82, 2.24) is 4.90 Å². The molecule has 2 aromatic rings. The lowest BCUT2D eigenvalue weighted by Crippen LogP contribution is -2.33. The van der Waals surface area contributed by atoms with Gasteiger partial charge in [-0.05, 0) is 36.4 Å². The molecule has 1 fully saturated rings. The standard InChI is InChI=1S/C22H22ClN3O4S/c1-4-11-26-21(28)19(31-22(26)24-15-7-5-14(23)6-8-15)13-20(27)25-17-12-16(29-2)9-10-18(17)30-3/h4-10,12,19H,1,11,13H2,2-3H3,(H,25,27)/t19-/m1/s1. The third-order valence-electron chi connectivity index (χ3n) is 4.43. The van der Waals surface area contributed by atoms with Crippen molar-refractivity contribution in [2.75, 3.05) is 26.1 Å². The van der Waals surface area contributed by atoms with Crippen LogP contribution in [0.15, 0.2) is 60.1 Å². The van der Waals surface area contributed by atoms with E-state index in [1.165, 1.54) is 30.9 Å². The molecule has 0 saturated carbocycles. The molecule has 0 bridgehead atoms. The van der Waals surface area contributed by atoms with Crippen LogP contribution in [0.3, 0.4) is 0 Å². The third kappa shape index (κ3) is 5.59. The number of amidine groups is 1. The van der Waals surface area contributed by atoms with E-state index < -0.39 is 5.25 Å². The van der Waals surface area contributed by atoms with Gasteiger partial charge in [-0.2, -0.15) is 0 Å². The quantitative estimate of drug-likeness (QED) is 0.588. The number of halogens is 1. The largest absolute Gasteiger partial charge is 0.497 e. The highest BCUT2D eigenvalue weighted by Crippen LogP contribution is 2.33. The first-order chi connectivity index (χ1) is 14.9.